The molecule has 0 atom stereocenters. The van der Waals surface area contributed by atoms with Crippen molar-refractivity contribution in [3.05, 3.63) is 47.5 Å². The molecule has 0 bridgehead atoms. The number of aryl methyl sites for hydroxylation is 2. The SMILES string of the molecule is CCc1cccc(CC)c1NS(=O)(=O)c1ccc(OC)c(OC)c1. The molecule has 0 aromatic heterocycles. The van der Waals surface area contributed by atoms with Gasteiger partial charge < -0.3 is 9.47 Å². The molecule has 0 aliphatic heterocycles. The van der Waals surface area contributed by atoms with Gasteiger partial charge in [0.25, 0.3) is 10.0 Å². The zero-order valence-corrected chi connectivity index (χ0v) is 15.2. The van der Waals surface area contributed by atoms with E-state index in [1.54, 1.807) is 6.07 Å². The Labute approximate surface area is 143 Å². The van der Waals surface area contributed by atoms with Crippen LogP contribution in [0.25, 0.3) is 0 Å². The molecule has 2 aromatic rings. The predicted octanol–water partition coefficient (Wildman–Crippen LogP) is 3.63. The number of benzene rings is 2. The minimum Gasteiger partial charge on any atom is -0.493 e. The summed E-state index contributed by atoms with van der Waals surface area (Å²) in [5.41, 5.74) is 2.61. The van der Waals surface area contributed by atoms with Crippen molar-refractivity contribution in [2.24, 2.45) is 0 Å². The van der Waals surface area contributed by atoms with Crippen molar-refractivity contribution in [1.29, 1.82) is 0 Å². The maximum absolute atomic E-state index is 12.8. The topological polar surface area (TPSA) is 64.6 Å². The first-order chi connectivity index (χ1) is 11.5. The van der Waals surface area contributed by atoms with Crippen LogP contribution in [0.3, 0.4) is 0 Å². The molecule has 5 nitrogen and oxygen atoms in total. The van der Waals surface area contributed by atoms with E-state index >= 15 is 0 Å². The highest BCUT2D eigenvalue weighted by Gasteiger charge is 2.19. The standard InChI is InChI=1S/C18H23NO4S/c1-5-13-8-7-9-14(6-2)18(13)19-24(20,21)15-10-11-16(22-3)17(12-15)23-4/h7-12,19H,5-6H2,1-4H3. The van der Waals surface area contributed by atoms with Crippen molar-refractivity contribution in [2.45, 2.75) is 31.6 Å². The number of rotatable bonds is 7. The fraction of sp³-hybridized carbons (Fsp3) is 0.333. The van der Waals surface area contributed by atoms with Gasteiger partial charge in [0, 0.05) is 6.07 Å². The van der Waals surface area contributed by atoms with Gasteiger partial charge in [0.05, 0.1) is 24.8 Å². The van der Waals surface area contributed by atoms with E-state index in [4.69, 9.17) is 9.47 Å². The van der Waals surface area contributed by atoms with E-state index in [-0.39, 0.29) is 4.90 Å². The highest BCUT2D eigenvalue weighted by atomic mass is 32.2. The summed E-state index contributed by atoms with van der Waals surface area (Å²) >= 11 is 0. The molecular weight excluding hydrogens is 326 g/mol. The average molecular weight is 349 g/mol. The third kappa shape index (κ3) is 3.64. The highest BCUT2D eigenvalue weighted by Crippen LogP contribution is 2.31. The quantitative estimate of drug-likeness (QED) is 0.829. The Kier molecular flexibility index (Phi) is 5.72. The molecule has 0 heterocycles. The predicted molar refractivity (Wildman–Crippen MR) is 95.6 cm³/mol. The molecule has 0 aliphatic rings. The van der Waals surface area contributed by atoms with Crippen molar-refractivity contribution in [1.82, 2.24) is 0 Å². The fourth-order valence-electron chi connectivity index (χ4n) is 2.55. The summed E-state index contributed by atoms with van der Waals surface area (Å²) in [7, 11) is -0.737. The maximum Gasteiger partial charge on any atom is 0.262 e. The van der Waals surface area contributed by atoms with Crippen LogP contribution < -0.4 is 14.2 Å². The Morgan fingerprint density at radius 1 is 0.917 bits per heavy atom. The van der Waals surface area contributed by atoms with Crippen LogP contribution in [-0.4, -0.2) is 22.6 Å². The zero-order chi connectivity index (χ0) is 17.7. The van der Waals surface area contributed by atoms with Gasteiger partial charge in [0.2, 0.25) is 0 Å². The minimum atomic E-state index is -3.72. The van der Waals surface area contributed by atoms with Crippen LogP contribution in [0.1, 0.15) is 25.0 Å². The van der Waals surface area contributed by atoms with E-state index in [0.29, 0.717) is 17.2 Å². The third-order valence-electron chi connectivity index (χ3n) is 3.90. The van der Waals surface area contributed by atoms with E-state index in [1.165, 1.54) is 26.4 Å². The molecule has 2 rings (SSSR count). The number of sulfonamides is 1. The van der Waals surface area contributed by atoms with Gasteiger partial charge in [-0.2, -0.15) is 0 Å². The summed E-state index contributed by atoms with van der Waals surface area (Å²) in [4.78, 5) is 0.133. The number of ether oxygens (including phenoxy) is 2. The Balaban J connectivity index is 2.46. The lowest BCUT2D eigenvalue weighted by Gasteiger charge is -2.16. The molecule has 0 amide bonds. The first kappa shape index (κ1) is 18.1. The Morgan fingerprint density at radius 3 is 2.00 bits per heavy atom. The highest BCUT2D eigenvalue weighted by molar-refractivity contribution is 7.92. The monoisotopic (exact) mass is 349 g/mol. The minimum absolute atomic E-state index is 0.133. The zero-order valence-electron chi connectivity index (χ0n) is 14.4. The molecule has 1 N–H and O–H groups in total. The van der Waals surface area contributed by atoms with Gasteiger partial charge in [-0.3, -0.25) is 4.72 Å². The number of anilines is 1. The Morgan fingerprint density at radius 2 is 1.50 bits per heavy atom. The lowest BCUT2D eigenvalue weighted by Crippen LogP contribution is -2.16. The van der Waals surface area contributed by atoms with Gasteiger partial charge in [-0.15, -0.1) is 0 Å². The van der Waals surface area contributed by atoms with Gasteiger partial charge in [0.1, 0.15) is 0 Å². The first-order valence-corrected chi connectivity index (χ1v) is 9.30. The molecule has 0 saturated carbocycles. The van der Waals surface area contributed by atoms with E-state index in [1.807, 2.05) is 32.0 Å². The van der Waals surface area contributed by atoms with Gasteiger partial charge in [-0.1, -0.05) is 32.0 Å². The number of nitrogens with one attached hydrogen (secondary N) is 1. The van der Waals surface area contributed by atoms with Crippen molar-refractivity contribution >= 4 is 15.7 Å². The summed E-state index contributed by atoms with van der Waals surface area (Å²) < 4.78 is 38.7. The van der Waals surface area contributed by atoms with Gasteiger partial charge >= 0.3 is 0 Å². The van der Waals surface area contributed by atoms with Crippen LogP contribution in [0.15, 0.2) is 41.3 Å². The number of hydrogen-bond acceptors (Lipinski definition) is 4. The summed E-state index contributed by atoms with van der Waals surface area (Å²) in [6.45, 7) is 4.01. The molecule has 2 aromatic carbocycles. The number of hydrogen-bond donors (Lipinski definition) is 1. The van der Waals surface area contributed by atoms with E-state index < -0.39 is 10.0 Å². The van der Waals surface area contributed by atoms with Crippen LogP contribution in [-0.2, 0) is 22.9 Å². The average Bonchev–Trinajstić information content (AvgIpc) is 2.60. The Bertz CT molecular complexity index is 794. The molecule has 0 radical (unpaired) electrons. The largest absolute Gasteiger partial charge is 0.493 e. The van der Waals surface area contributed by atoms with Gasteiger partial charge in [0.15, 0.2) is 11.5 Å². The van der Waals surface area contributed by atoms with Crippen molar-refractivity contribution in [2.75, 3.05) is 18.9 Å². The first-order valence-electron chi connectivity index (χ1n) is 7.82. The number of methoxy groups -OCH3 is 2. The summed E-state index contributed by atoms with van der Waals surface area (Å²) in [6.07, 6.45) is 1.50. The van der Waals surface area contributed by atoms with Crippen LogP contribution in [0.5, 0.6) is 11.5 Å². The molecule has 130 valence electrons. The molecule has 0 aliphatic carbocycles. The van der Waals surface area contributed by atoms with Crippen molar-refractivity contribution < 1.29 is 17.9 Å². The van der Waals surface area contributed by atoms with Crippen LogP contribution in [0, 0.1) is 0 Å². The smallest absolute Gasteiger partial charge is 0.262 e. The molecule has 0 unspecified atom stereocenters. The van der Waals surface area contributed by atoms with Gasteiger partial charge in [-0.05, 0) is 36.1 Å². The van der Waals surface area contributed by atoms with Crippen LogP contribution in [0.2, 0.25) is 0 Å². The second-order valence-corrected chi connectivity index (χ2v) is 6.96. The molecule has 0 saturated heterocycles. The second kappa shape index (κ2) is 7.57. The van der Waals surface area contributed by atoms with Gasteiger partial charge in [-0.25, -0.2) is 8.42 Å². The lowest BCUT2D eigenvalue weighted by molar-refractivity contribution is 0.354. The van der Waals surface area contributed by atoms with Crippen LogP contribution in [0.4, 0.5) is 5.69 Å². The summed E-state index contributed by atoms with van der Waals surface area (Å²) in [5, 5.41) is 0. The molecule has 0 fully saturated rings. The molecule has 6 heteroatoms. The molecule has 0 spiro atoms. The van der Waals surface area contributed by atoms with E-state index in [9.17, 15) is 8.42 Å². The lowest BCUT2D eigenvalue weighted by atomic mass is 10.0. The molecular formula is C18H23NO4S. The van der Waals surface area contributed by atoms with Crippen LogP contribution >= 0.6 is 0 Å². The number of para-hydroxylation sites is 1. The normalized spacial score (nSPS) is 11.2. The maximum atomic E-state index is 12.8. The van der Waals surface area contributed by atoms with E-state index in [0.717, 1.165) is 24.0 Å². The van der Waals surface area contributed by atoms with E-state index in [2.05, 4.69) is 4.72 Å². The van der Waals surface area contributed by atoms with Crippen molar-refractivity contribution in [3.8, 4) is 11.5 Å². The summed E-state index contributed by atoms with van der Waals surface area (Å²) in [5.74, 6) is 0.861. The summed E-state index contributed by atoms with van der Waals surface area (Å²) in [6, 6.07) is 10.4. The van der Waals surface area contributed by atoms with Crippen molar-refractivity contribution in [3.63, 3.8) is 0 Å². The second-order valence-electron chi connectivity index (χ2n) is 5.28. The Hall–Kier alpha value is -2.21. The fourth-order valence-corrected chi connectivity index (χ4v) is 3.71. The third-order valence-corrected chi connectivity index (χ3v) is 5.25. The molecule has 24 heavy (non-hydrogen) atoms.